The maximum Gasteiger partial charge on any atom is 0.110 e. The number of hydrogen-bond acceptors (Lipinski definition) is 2. The van der Waals surface area contributed by atoms with Gasteiger partial charge in [-0.25, -0.2) is 4.68 Å². The second-order valence-electron chi connectivity index (χ2n) is 3.78. The number of nitrogens with zero attached hydrogens (tertiary/aromatic N) is 3. The van der Waals surface area contributed by atoms with Crippen LogP contribution in [-0.4, -0.2) is 14.8 Å². The van der Waals surface area contributed by atoms with Crippen LogP contribution in [0.2, 0.25) is 0 Å². The fraction of sp³-hybridized carbons (Fsp3) is 0.273. The Morgan fingerprint density at radius 3 is 2.67 bits per heavy atom. The second-order valence-corrected chi connectivity index (χ2v) is 4.60. The van der Waals surface area contributed by atoms with Gasteiger partial charge in [0.2, 0.25) is 0 Å². The molecule has 0 radical (unpaired) electrons. The van der Waals surface area contributed by atoms with Gasteiger partial charge in [0, 0.05) is 18.3 Å². The Morgan fingerprint density at radius 2 is 2.00 bits per heavy atom. The maximum atomic E-state index is 4.58. The Hall–Kier alpha value is -1.16. The topological polar surface area (TPSA) is 30.7 Å². The highest BCUT2D eigenvalue weighted by molar-refractivity contribution is 9.10. The minimum atomic E-state index is 0.685. The summed E-state index contributed by atoms with van der Waals surface area (Å²) in [5.74, 6) is 0.685. The summed E-state index contributed by atoms with van der Waals surface area (Å²) in [4.78, 5) is 4.00. The van der Waals surface area contributed by atoms with Crippen LogP contribution in [0.3, 0.4) is 0 Å². The lowest BCUT2D eigenvalue weighted by Crippen LogP contribution is -1.97. The molecular formula is C11H10BrN3. The molecule has 2 aromatic rings. The van der Waals surface area contributed by atoms with Crippen LogP contribution >= 0.6 is 15.9 Å². The van der Waals surface area contributed by atoms with Gasteiger partial charge < -0.3 is 0 Å². The molecule has 0 saturated heterocycles. The Balaban J connectivity index is 2.04. The number of aromatic nitrogens is 3. The van der Waals surface area contributed by atoms with E-state index in [2.05, 4.69) is 32.1 Å². The number of hydrogen-bond donors (Lipinski definition) is 0. The van der Waals surface area contributed by atoms with E-state index in [1.807, 2.05) is 16.8 Å². The highest BCUT2D eigenvalue weighted by Crippen LogP contribution is 2.40. The van der Waals surface area contributed by atoms with Crippen molar-refractivity contribution in [2.24, 2.45) is 0 Å². The van der Waals surface area contributed by atoms with Crippen molar-refractivity contribution in [1.29, 1.82) is 0 Å². The zero-order valence-corrected chi connectivity index (χ0v) is 9.68. The molecule has 3 rings (SSSR count). The van der Waals surface area contributed by atoms with Crippen LogP contribution in [0.4, 0.5) is 0 Å². The van der Waals surface area contributed by atoms with Gasteiger partial charge in [0.15, 0.2) is 0 Å². The quantitative estimate of drug-likeness (QED) is 0.834. The molecule has 0 spiro atoms. The molecule has 2 aromatic heterocycles. The third-order valence-electron chi connectivity index (χ3n) is 2.59. The third-order valence-corrected chi connectivity index (χ3v) is 3.15. The van der Waals surface area contributed by atoms with Gasteiger partial charge in [0.05, 0.1) is 11.4 Å². The fourth-order valence-corrected chi connectivity index (χ4v) is 2.14. The molecule has 2 heterocycles. The number of rotatable bonds is 2. The van der Waals surface area contributed by atoms with Crippen LogP contribution in [-0.2, 0) is 0 Å². The van der Waals surface area contributed by atoms with Crippen molar-refractivity contribution in [1.82, 2.24) is 14.8 Å². The van der Waals surface area contributed by atoms with Gasteiger partial charge in [0.1, 0.15) is 4.60 Å². The first kappa shape index (κ1) is 9.09. The van der Waals surface area contributed by atoms with Gasteiger partial charge >= 0.3 is 0 Å². The minimum absolute atomic E-state index is 0.685. The summed E-state index contributed by atoms with van der Waals surface area (Å²) in [5.41, 5.74) is 2.24. The molecule has 1 aliphatic rings. The van der Waals surface area contributed by atoms with Gasteiger partial charge in [-0.05, 0) is 47.0 Å². The van der Waals surface area contributed by atoms with Gasteiger partial charge in [0.25, 0.3) is 0 Å². The third kappa shape index (κ3) is 1.69. The standard InChI is InChI=1S/C11H10BrN3/c12-11-7-10(8-1-2-8)14-15(11)9-3-5-13-6-4-9/h3-8H,1-2H2. The van der Waals surface area contributed by atoms with Crippen LogP contribution < -0.4 is 0 Å². The fourth-order valence-electron chi connectivity index (χ4n) is 1.62. The molecule has 0 unspecified atom stereocenters. The average molecular weight is 264 g/mol. The number of pyridine rings is 1. The van der Waals surface area contributed by atoms with Gasteiger partial charge in [-0.2, -0.15) is 5.10 Å². The number of halogens is 1. The van der Waals surface area contributed by atoms with Crippen LogP contribution in [0, 0.1) is 0 Å². The molecule has 1 saturated carbocycles. The average Bonchev–Trinajstić information content (AvgIpc) is 3.04. The molecule has 76 valence electrons. The Bertz CT molecular complexity index is 474. The Kier molecular flexibility index (Phi) is 2.09. The molecule has 0 N–H and O–H groups in total. The highest BCUT2D eigenvalue weighted by Gasteiger charge is 2.27. The largest absolute Gasteiger partial charge is 0.265 e. The lowest BCUT2D eigenvalue weighted by atomic mass is 10.3. The van der Waals surface area contributed by atoms with Crippen molar-refractivity contribution in [2.75, 3.05) is 0 Å². The van der Waals surface area contributed by atoms with Crippen LogP contribution in [0.1, 0.15) is 24.5 Å². The molecule has 15 heavy (non-hydrogen) atoms. The van der Waals surface area contributed by atoms with E-state index in [0.29, 0.717) is 5.92 Å². The lowest BCUT2D eigenvalue weighted by Gasteiger charge is -2.01. The van der Waals surface area contributed by atoms with E-state index in [0.717, 1.165) is 10.3 Å². The van der Waals surface area contributed by atoms with Crippen molar-refractivity contribution >= 4 is 15.9 Å². The van der Waals surface area contributed by atoms with Crippen molar-refractivity contribution in [2.45, 2.75) is 18.8 Å². The summed E-state index contributed by atoms with van der Waals surface area (Å²) in [6.07, 6.45) is 6.11. The van der Waals surface area contributed by atoms with Crippen molar-refractivity contribution in [3.05, 3.63) is 40.9 Å². The first-order valence-corrected chi connectivity index (χ1v) is 5.80. The molecule has 0 bridgehead atoms. The zero-order chi connectivity index (χ0) is 10.3. The summed E-state index contributed by atoms with van der Waals surface area (Å²) in [6, 6.07) is 6.01. The molecular weight excluding hydrogens is 254 g/mol. The maximum absolute atomic E-state index is 4.58. The predicted molar refractivity (Wildman–Crippen MR) is 61.0 cm³/mol. The summed E-state index contributed by atoms with van der Waals surface area (Å²) in [6.45, 7) is 0. The van der Waals surface area contributed by atoms with Crippen LogP contribution in [0.25, 0.3) is 5.69 Å². The molecule has 1 fully saturated rings. The second kappa shape index (κ2) is 3.45. The summed E-state index contributed by atoms with van der Waals surface area (Å²) < 4.78 is 2.92. The van der Waals surface area contributed by atoms with Crippen molar-refractivity contribution in [3.63, 3.8) is 0 Å². The summed E-state index contributed by atoms with van der Waals surface area (Å²) >= 11 is 3.53. The van der Waals surface area contributed by atoms with E-state index < -0.39 is 0 Å². The van der Waals surface area contributed by atoms with Gasteiger partial charge in [-0.3, -0.25) is 4.98 Å². The van der Waals surface area contributed by atoms with Crippen molar-refractivity contribution in [3.8, 4) is 5.69 Å². The molecule has 0 aliphatic heterocycles. The van der Waals surface area contributed by atoms with Crippen LogP contribution in [0.5, 0.6) is 0 Å². The van der Waals surface area contributed by atoms with E-state index in [9.17, 15) is 0 Å². The normalized spacial score (nSPS) is 15.5. The monoisotopic (exact) mass is 263 g/mol. The first-order valence-electron chi connectivity index (χ1n) is 5.00. The van der Waals surface area contributed by atoms with E-state index >= 15 is 0 Å². The van der Waals surface area contributed by atoms with Crippen LogP contribution in [0.15, 0.2) is 35.2 Å². The zero-order valence-electron chi connectivity index (χ0n) is 8.10. The van der Waals surface area contributed by atoms with E-state index in [1.165, 1.54) is 18.5 Å². The van der Waals surface area contributed by atoms with Gasteiger partial charge in [-0.1, -0.05) is 0 Å². The summed E-state index contributed by atoms with van der Waals surface area (Å²) in [7, 11) is 0. The molecule has 0 aromatic carbocycles. The molecule has 0 atom stereocenters. The van der Waals surface area contributed by atoms with E-state index in [-0.39, 0.29) is 0 Å². The first-order chi connectivity index (χ1) is 7.34. The van der Waals surface area contributed by atoms with E-state index in [4.69, 9.17) is 0 Å². The summed E-state index contributed by atoms with van der Waals surface area (Å²) in [5, 5.41) is 4.58. The molecule has 4 heteroatoms. The Morgan fingerprint density at radius 1 is 1.27 bits per heavy atom. The molecule has 1 aliphatic carbocycles. The van der Waals surface area contributed by atoms with Crippen molar-refractivity contribution < 1.29 is 0 Å². The minimum Gasteiger partial charge on any atom is -0.265 e. The lowest BCUT2D eigenvalue weighted by molar-refractivity contribution is 0.822. The molecule has 3 nitrogen and oxygen atoms in total. The smallest absolute Gasteiger partial charge is 0.110 e. The van der Waals surface area contributed by atoms with Gasteiger partial charge in [-0.15, -0.1) is 0 Å². The predicted octanol–water partition coefficient (Wildman–Crippen LogP) is 2.91. The molecule has 0 amide bonds. The van der Waals surface area contributed by atoms with E-state index in [1.54, 1.807) is 12.4 Å². The Labute approximate surface area is 96.3 Å². The SMILES string of the molecule is Brc1cc(C2CC2)nn1-c1ccncc1. The highest BCUT2D eigenvalue weighted by atomic mass is 79.9.